The topological polar surface area (TPSA) is 74.7 Å². The van der Waals surface area contributed by atoms with Gasteiger partial charge in [0.2, 0.25) is 0 Å². The molecule has 0 aromatic carbocycles. The highest BCUT2D eigenvalue weighted by atomic mass is 32.2. The molecule has 3 unspecified atom stereocenters. The minimum absolute atomic E-state index is 0.235. The lowest BCUT2D eigenvalue weighted by atomic mass is 9.60. The average Bonchev–Trinajstić information content (AvgIpc) is 2.32. The number of hydrogen-bond donors (Lipinski definition) is 1. The number of aliphatic carboxylic acids is 1. The molecule has 1 aliphatic heterocycles. The predicted molar refractivity (Wildman–Crippen MR) is 77.3 cm³/mol. The van der Waals surface area contributed by atoms with Gasteiger partial charge in [-0.1, -0.05) is 20.8 Å². The molecular formula is C14H25NO4S. The quantitative estimate of drug-likeness (QED) is 0.831. The van der Waals surface area contributed by atoms with Crippen molar-refractivity contribution in [1.82, 2.24) is 4.90 Å². The third kappa shape index (κ3) is 2.86. The molecule has 0 aromatic rings. The molecule has 116 valence electrons. The molecule has 0 amide bonds. The molecule has 2 aliphatic rings. The fourth-order valence-electron chi connectivity index (χ4n) is 3.77. The first kappa shape index (κ1) is 15.8. The van der Waals surface area contributed by atoms with Gasteiger partial charge in [-0.2, -0.15) is 0 Å². The third-order valence-electron chi connectivity index (χ3n) is 5.55. The molecule has 0 bridgehead atoms. The van der Waals surface area contributed by atoms with E-state index in [0.717, 1.165) is 6.42 Å². The van der Waals surface area contributed by atoms with Gasteiger partial charge < -0.3 is 5.11 Å². The molecule has 1 N–H and O–H groups in total. The molecule has 6 heteroatoms. The van der Waals surface area contributed by atoms with Crippen molar-refractivity contribution < 1.29 is 18.3 Å². The van der Waals surface area contributed by atoms with Crippen LogP contribution in [-0.4, -0.2) is 55.0 Å². The second kappa shape index (κ2) is 5.30. The summed E-state index contributed by atoms with van der Waals surface area (Å²) in [6.45, 7) is 7.35. The molecular weight excluding hydrogens is 278 g/mol. The number of carboxylic acid groups (broad SMARTS) is 1. The normalized spacial score (nSPS) is 37.5. The van der Waals surface area contributed by atoms with Crippen molar-refractivity contribution in [2.45, 2.75) is 39.7 Å². The highest BCUT2D eigenvalue weighted by Gasteiger charge is 2.48. The highest BCUT2D eigenvalue weighted by molar-refractivity contribution is 7.91. The van der Waals surface area contributed by atoms with Crippen molar-refractivity contribution >= 4 is 15.8 Å². The zero-order valence-corrected chi connectivity index (χ0v) is 13.3. The summed E-state index contributed by atoms with van der Waals surface area (Å²) in [6.07, 6.45) is 1.53. The van der Waals surface area contributed by atoms with Gasteiger partial charge in [0.05, 0.1) is 17.4 Å². The van der Waals surface area contributed by atoms with Gasteiger partial charge in [-0.15, -0.1) is 0 Å². The van der Waals surface area contributed by atoms with Crippen molar-refractivity contribution in [3.8, 4) is 0 Å². The van der Waals surface area contributed by atoms with Gasteiger partial charge in [0.25, 0.3) is 0 Å². The summed E-state index contributed by atoms with van der Waals surface area (Å²) in [5.41, 5.74) is -0.259. The fraction of sp³-hybridized carbons (Fsp3) is 0.929. The van der Waals surface area contributed by atoms with Crippen LogP contribution in [0.1, 0.15) is 33.6 Å². The zero-order chi connectivity index (χ0) is 15.1. The summed E-state index contributed by atoms with van der Waals surface area (Å²) in [5.74, 6) is -0.292. The maximum Gasteiger partial charge on any atom is 0.307 e. The third-order valence-corrected chi connectivity index (χ3v) is 7.16. The van der Waals surface area contributed by atoms with Crippen LogP contribution in [0.4, 0.5) is 0 Å². The van der Waals surface area contributed by atoms with Crippen LogP contribution in [-0.2, 0) is 14.6 Å². The molecule has 1 saturated carbocycles. The number of carboxylic acids is 1. The number of hydrogen-bond acceptors (Lipinski definition) is 4. The van der Waals surface area contributed by atoms with Crippen LogP contribution in [0.5, 0.6) is 0 Å². The molecule has 1 aliphatic carbocycles. The largest absolute Gasteiger partial charge is 0.481 e. The van der Waals surface area contributed by atoms with Crippen LogP contribution in [0, 0.1) is 17.3 Å². The predicted octanol–water partition coefficient (Wildman–Crippen LogP) is 1.24. The molecule has 0 spiro atoms. The van der Waals surface area contributed by atoms with Crippen LogP contribution < -0.4 is 0 Å². The Balaban J connectivity index is 2.10. The highest BCUT2D eigenvalue weighted by Crippen LogP contribution is 2.46. The van der Waals surface area contributed by atoms with Gasteiger partial charge in [-0.25, -0.2) is 8.42 Å². The second-order valence-electron chi connectivity index (χ2n) is 6.83. The Kier molecular flexibility index (Phi) is 4.17. The standard InChI is InChI=1S/C14H25NO4S/c1-10-12(15-6-8-20(18,19)9-7-15)5-4-11(13(16)17)14(10,2)3/h10-12H,4-9H2,1-3H3,(H,16,17). The average molecular weight is 303 g/mol. The molecule has 5 nitrogen and oxygen atoms in total. The van der Waals surface area contributed by atoms with Crippen molar-refractivity contribution in [2.75, 3.05) is 24.6 Å². The lowest BCUT2D eigenvalue weighted by Gasteiger charge is -2.50. The van der Waals surface area contributed by atoms with Crippen molar-refractivity contribution in [3.05, 3.63) is 0 Å². The van der Waals surface area contributed by atoms with Gasteiger partial charge in [0, 0.05) is 19.1 Å². The van der Waals surface area contributed by atoms with Gasteiger partial charge in [-0.05, 0) is 24.2 Å². The van der Waals surface area contributed by atoms with E-state index in [1.165, 1.54) is 0 Å². The summed E-state index contributed by atoms with van der Waals surface area (Å²) < 4.78 is 23.0. The van der Waals surface area contributed by atoms with Crippen LogP contribution in [0.15, 0.2) is 0 Å². The fourth-order valence-corrected chi connectivity index (χ4v) is 5.00. The van der Waals surface area contributed by atoms with Gasteiger partial charge in [0.15, 0.2) is 9.84 Å². The van der Waals surface area contributed by atoms with Crippen molar-refractivity contribution in [3.63, 3.8) is 0 Å². The molecule has 20 heavy (non-hydrogen) atoms. The number of sulfone groups is 1. The monoisotopic (exact) mass is 303 g/mol. The molecule has 2 rings (SSSR count). The first-order chi connectivity index (χ1) is 9.15. The zero-order valence-electron chi connectivity index (χ0n) is 12.5. The minimum Gasteiger partial charge on any atom is -0.481 e. The molecule has 2 fully saturated rings. The maximum absolute atomic E-state index is 11.5. The Hall–Kier alpha value is -0.620. The minimum atomic E-state index is -2.86. The smallest absolute Gasteiger partial charge is 0.307 e. The lowest BCUT2D eigenvalue weighted by Crippen LogP contribution is -2.55. The number of nitrogens with zero attached hydrogens (tertiary/aromatic N) is 1. The first-order valence-corrected chi connectivity index (χ1v) is 9.14. The summed E-state index contributed by atoms with van der Waals surface area (Å²) >= 11 is 0. The van der Waals surface area contributed by atoms with E-state index in [-0.39, 0.29) is 28.8 Å². The van der Waals surface area contributed by atoms with Crippen LogP contribution in [0.2, 0.25) is 0 Å². The lowest BCUT2D eigenvalue weighted by molar-refractivity contribution is -0.151. The number of carbonyl (C=O) groups is 1. The molecule has 0 radical (unpaired) electrons. The van der Waals surface area contributed by atoms with Crippen molar-refractivity contribution in [1.29, 1.82) is 0 Å². The van der Waals surface area contributed by atoms with Crippen LogP contribution in [0.3, 0.4) is 0 Å². The van der Waals surface area contributed by atoms with E-state index < -0.39 is 15.8 Å². The van der Waals surface area contributed by atoms with E-state index in [4.69, 9.17) is 0 Å². The van der Waals surface area contributed by atoms with E-state index in [0.29, 0.717) is 25.6 Å². The SMILES string of the molecule is CC1C(N2CCS(=O)(=O)CC2)CCC(C(=O)O)C1(C)C. The van der Waals surface area contributed by atoms with E-state index in [1.54, 1.807) is 0 Å². The Morgan fingerprint density at radius 3 is 2.25 bits per heavy atom. The summed E-state index contributed by atoms with van der Waals surface area (Å²) in [4.78, 5) is 13.6. The van der Waals surface area contributed by atoms with Crippen LogP contribution in [0.25, 0.3) is 0 Å². The molecule has 1 heterocycles. The molecule has 0 aromatic heterocycles. The van der Waals surface area contributed by atoms with Gasteiger partial charge in [0.1, 0.15) is 0 Å². The number of rotatable bonds is 2. The van der Waals surface area contributed by atoms with Crippen LogP contribution >= 0.6 is 0 Å². The van der Waals surface area contributed by atoms with Gasteiger partial charge >= 0.3 is 5.97 Å². The summed E-state index contributed by atoms with van der Waals surface area (Å²) in [7, 11) is -2.86. The summed E-state index contributed by atoms with van der Waals surface area (Å²) in [5, 5.41) is 9.36. The Bertz CT molecular complexity index is 471. The van der Waals surface area contributed by atoms with E-state index in [1.807, 2.05) is 13.8 Å². The Morgan fingerprint density at radius 2 is 1.75 bits per heavy atom. The van der Waals surface area contributed by atoms with E-state index >= 15 is 0 Å². The second-order valence-corrected chi connectivity index (χ2v) is 9.14. The Morgan fingerprint density at radius 1 is 1.20 bits per heavy atom. The van der Waals surface area contributed by atoms with E-state index in [9.17, 15) is 18.3 Å². The van der Waals surface area contributed by atoms with Gasteiger partial charge in [-0.3, -0.25) is 9.69 Å². The maximum atomic E-state index is 11.5. The molecule has 3 atom stereocenters. The molecule has 1 saturated heterocycles. The summed E-state index contributed by atoms with van der Waals surface area (Å²) in [6, 6.07) is 0.302. The van der Waals surface area contributed by atoms with Crippen molar-refractivity contribution in [2.24, 2.45) is 17.3 Å². The Labute approximate surface area is 121 Å². The first-order valence-electron chi connectivity index (χ1n) is 7.32. The van der Waals surface area contributed by atoms with E-state index in [2.05, 4.69) is 11.8 Å².